The average Bonchev–Trinajstić information content (AvgIpc) is 3.38. The predicted molar refractivity (Wildman–Crippen MR) is 162 cm³/mol. The highest BCUT2D eigenvalue weighted by atomic mass is 35.5. The summed E-state index contributed by atoms with van der Waals surface area (Å²) in [5.74, 6) is 0.498. The summed E-state index contributed by atoms with van der Waals surface area (Å²) in [6.45, 7) is 12.1. The minimum Gasteiger partial charge on any atom is -0.349 e. The summed E-state index contributed by atoms with van der Waals surface area (Å²) in [6, 6.07) is 5.84. The van der Waals surface area contributed by atoms with Gasteiger partial charge in [-0.1, -0.05) is 24.2 Å². The molecule has 0 aliphatic carbocycles. The number of amides is 1. The second-order valence-corrected chi connectivity index (χ2v) is 11.8. The number of hydrogen-bond acceptors (Lipinski definition) is 7. The lowest BCUT2D eigenvalue weighted by Gasteiger charge is -2.45. The molecule has 4 heterocycles. The third-order valence-corrected chi connectivity index (χ3v) is 8.79. The number of aromatic amines is 1. The first-order valence-electron chi connectivity index (χ1n) is 13.8. The van der Waals surface area contributed by atoms with Crippen LogP contribution in [0.15, 0.2) is 37.2 Å². The highest BCUT2D eigenvalue weighted by molar-refractivity contribution is 6.35. The molecule has 41 heavy (non-hydrogen) atoms. The Kier molecular flexibility index (Phi) is 6.86. The molecule has 9 nitrogen and oxygen atoms in total. The van der Waals surface area contributed by atoms with Gasteiger partial charge < -0.3 is 24.6 Å². The fourth-order valence-corrected chi connectivity index (χ4v) is 6.26. The number of carbonyl (C=O) groups is 1. The van der Waals surface area contributed by atoms with Crippen molar-refractivity contribution >= 4 is 51.2 Å². The van der Waals surface area contributed by atoms with Gasteiger partial charge in [0.05, 0.1) is 22.4 Å². The molecule has 0 bridgehead atoms. The van der Waals surface area contributed by atoms with Crippen LogP contribution in [0.25, 0.3) is 33.1 Å². The van der Waals surface area contributed by atoms with Gasteiger partial charge in [-0.3, -0.25) is 4.79 Å². The van der Waals surface area contributed by atoms with E-state index in [0.29, 0.717) is 47.4 Å². The molecule has 11 heteroatoms. The number of benzene rings is 2. The zero-order chi connectivity index (χ0) is 29.2. The number of aryl methyl sites for hydroxylation is 1. The number of rotatable bonds is 5. The zero-order valence-electron chi connectivity index (χ0n) is 23.9. The molecule has 2 fully saturated rings. The van der Waals surface area contributed by atoms with Crippen LogP contribution >= 0.6 is 11.6 Å². The molecular formula is C30H34ClFN8O. The number of anilines is 2. The minimum atomic E-state index is -0.498. The molecule has 1 amide bonds. The van der Waals surface area contributed by atoms with E-state index in [-0.39, 0.29) is 34.1 Å². The van der Waals surface area contributed by atoms with E-state index in [9.17, 15) is 4.79 Å². The average molecular weight is 577 g/mol. The van der Waals surface area contributed by atoms with Crippen LogP contribution in [0, 0.1) is 12.7 Å². The lowest BCUT2D eigenvalue weighted by Crippen LogP contribution is -2.59. The normalized spacial score (nSPS) is 19.9. The van der Waals surface area contributed by atoms with E-state index >= 15 is 4.39 Å². The number of nitrogens with one attached hydrogen (secondary N) is 1. The summed E-state index contributed by atoms with van der Waals surface area (Å²) in [5.41, 5.74) is 3.46. The predicted octanol–water partition coefficient (Wildman–Crippen LogP) is 4.64. The van der Waals surface area contributed by atoms with Crippen molar-refractivity contribution in [1.82, 2.24) is 29.7 Å². The van der Waals surface area contributed by atoms with E-state index in [1.54, 1.807) is 12.4 Å². The van der Waals surface area contributed by atoms with Gasteiger partial charge in [0.1, 0.15) is 11.3 Å². The SMILES string of the molecule is C=CC(=O)N1C[C@H](C)N(c2nc(N3CC(N(C)C)C3)nc3c(F)c(-c4c(C)ccc5[nH]cnc45)c(Cl)cc23)C[C@H]1C. The van der Waals surface area contributed by atoms with Crippen LogP contribution in [0.4, 0.5) is 16.2 Å². The fourth-order valence-electron chi connectivity index (χ4n) is 5.97. The van der Waals surface area contributed by atoms with Crippen molar-refractivity contribution in [2.75, 3.05) is 50.1 Å². The van der Waals surface area contributed by atoms with E-state index in [4.69, 9.17) is 21.6 Å². The first-order chi connectivity index (χ1) is 19.6. The number of imidazole rings is 1. The largest absolute Gasteiger partial charge is 0.349 e. The third kappa shape index (κ3) is 4.49. The molecule has 2 aromatic heterocycles. The first-order valence-corrected chi connectivity index (χ1v) is 14.2. The highest BCUT2D eigenvalue weighted by Crippen LogP contribution is 2.42. The van der Waals surface area contributed by atoms with Crippen molar-refractivity contribution < 1.29 is 9.18 Å². The van der Waals surface area contributed by atoms with Gasteiger partial charge in [-0.15, -0.1) is 0 Å². The van der Waals surface area contributed by atoms with Gasteiger partial charge in [0, 0.05) is 60.8 Å². The summed E-state index contributed by atoms with van der Waals surface area (Å²) in [5, 5.41) is 0.808. The molecule has 2 aliphatic heterocycles. The number of hydrogen-bond donors (Lipinski definition) is 1. The van der Waals surface area contributed by atoms with Crippen molar-refractivity contribution in [1.29, 1.82) is 0 Å². The van der Waals surface area contributed by atoms with Crippen molar-refractivity contribution in [2.24, 2.45) is 0 Å². The van der Waals surface area contributed by atoms with Crippen LogP contribution in [0.2, 0.25) is 5.02 Å². The molecule has 0 radical (unpaired) electrons. The second kappa shape index (κ2) is 10.3. The van der Waals surface area contributed by atoms with E-state index in [1.807, 2.05) is 51.9 Å². The van der Waals surface area contributed by atoms with Crippen molar-refractivity contribution in [3.63, 3.8) is 0 Å². The molecule has 2 atom stereocenters. The van der Waals surface area contributed by atoms with Crippen LogP contribution in [0.3, 0.4) is 0 Å². The summed E-state index contributed by atoms with van der Waals surface area (Å²) < 4.78 is 16.8. The van der Waals surface area contributed by atoms with Crippen LogP contribution in [-0.2, 0) is 4.79 Å². The number of nitrogens with zero attached hydrogens (tertiary/aromatic N) is 7. The third-order valence-electron chi connectivity index (χ3n) is 8.49. The van der Waals surface area contributed by atoms with Gasteiger partial charge in [-0.2, -0.15) is 4.98 Å². The number of piperazine rings is 1. The van der Waals surface area contributed by atoms with E-state index < -0.39 is 5.82 Å². The van der Waals surface area contributed by atoms with Crippen LogP contribution in [-0.4, -0.2) is 94.0 Å². The Morgan fingerprint density at radius 1 is 1.12 bits per heavy atom. The molecule has 1 N–H and O–H groups in total. The van der Waals surface area contributed by atoms with Crippen molar-refractivity contribution in [3.05, 3.63) is 53.6 Å². The Labute approximate surface area is 243 Å². The molecule has 214 valence electrons. The zero-order valence-corrected chi connectivity index (χ0v) is 24.7. The Morgan fingerprint density at radius 2 is 1.88 bits per heavy atom. The standard InChI is InChI=1S/C30H34ClFN8O/c1-7-23(41)39-11-18(4)40(12-17(39)3)29-20-10-21(31)25(24-16(2)8-9-22-28(24)34-15-33-22)26(32)27(20)35-30(36-29)38-13-19(14-38)37(5)6/h7-10,15,17-19H,1,11-14H2,2-6H3,(H,33,34)/t17-,18+/m1/s1. The number of aromatic nitrogens is 4. The number of carbonyl (C=O) groups excluding carboxylic acids is 1. The van der Waals surface area contributed by atoms with Gasteiger partial charge in [0.2, 0.25) is 11.9 Å². The maximum atomic E-state index is 16.8. The lowest BCUT2D eigenvalue weighted by molar-refractivity contribution is -0.128. The highest BCUT2D eigenvalue weighted by Gasteiger charge is 2.36. The monoisotopic (exact) mass is 576 g/mol. The van der Waals surface area contributed by atoms with E-state index in [1.165, 1.54) is 6.08 Å². The van der Waals surface area contributed by atoms with Crippen LogP contribution in [0.5, 0.6) is 0 Å². The Bertz CT molecular complexity index is 1680. The Hall–Kier alpha value is -3.76. The topological polar surface area (TPSA) is 84.5 Å². The fraction of sp³-hybridized carbons (Fsp3) is 0.400. The first kappa shape index (κ1) is 27.4. The van der Waals surface area contributed by atoms with E-state index in [0.717, 1.165) is 24.2 Å². The molecule has 2 aromatic carbocycles. The summed E-state index contributed by atoms with van der Waals surface area (Å²) in [4.78, 5) is 38.1. The molecule has 0 saturated carbocycles. The summed E-state index contributed by atoms with van der Waals surface area (Å²) >= 11 is 6.90. The maximum absolute atomic E-state index is 16.8. The molecule has 6 rings (SSSR count). The molecule has 4 aromatic rings. The van der Waals surface area contributed by atoms with Gasteiger partial charge in [0.25, 0.3) is 0 Å². The van der Waals surface area contributed by atoms with Crippen molar-refractivity contribution in [2.45, 2.75) is 38.9 Å². The Balaban J connectivity index is 1.54. The van der Waals surface area contributed by atoms with E-state index in [2.05, 4.69) is 31.2 Å². The Morgan fingerprint density at radius 3 is 2.59 bits per heavy atom. The summed E-state index contributed by atoms with van der Waals surface area (Å²) in [7, 11) is 4.10. The molecule has 2 saturated heterocycles. The smallest absolute Gasteiger partial charge is 0.246 e. The van der Waals surface area contributed by atoms with Gasteiger partial charge in [-0.25, -0.2) is 14.4 Å². The number of H-pyrrole nitrogens is 1. The number of halogens is 2. The van der Waals surface area contributed by atoms with Gasteiger partial charge in [0.15, 0.2) is 5.82 Å². The molecule has 0 spiro atoms. The van der Waals surface area contributed by atoms with Crippen LogP contribution < -0.4 is 9.80 Å². The number of fused-ring (bicyclic) bond motifs is 2. The lowest BCUT2D eigenvalue weighted by atomic mass is 9.96. The quantitative estimate of drug-likeness (QED) is 0.347. The van der Waals surface area contributed by atoms with Gasteiger partial charge in [-0.05, 0) is 58.6 Å². The molecule has 0 unspecified atom stereocenters. The van der Waals surface area contributed by atoms with Gasteiger partial charge >= 0.3 is 0 Å². The minimum absolute atomic E-state index is 0.0754. The maximum Gasteiger partial charge on any atom is 0.246 e. The van der Waals surface area contributed by atoms with Crippen molar-refractivity contribution in [3.8, 4) is 11.1 Å². The second-order valence-electron chi connectivity index (χ2n) is 11.4. The number of likely N-dealkylation sites (N-methyl/N-ethyl adjacent to an activating group) is 1. The molecular weight excluding hydrogens is 543 g/mol. The summed E-state index contributed by atoms with van der Waals surface area (Å²) in [6.07, 6.45) is 2.95. The molecule has 2 aliphatic rings. The van der Waals surface area contributed by atoms with Crippen LogP contribution in [0.1, 0.15) is 19.4 Å².